The zero-order chi connectivity index (χ0) is 29.1. The molecule has 0 fully saturated rings. The highest BCUT2D eigenvalue weighted by molar-refractivity contribution is 6.01. The number of hydrogen-bond donors (Lipinski definition) is 4. The van der Waals surface area contributed by atoms with E-state index in [1.54, 1.807) is 6.07 Å². The number of ether oxygens (including phenoxy) is 2. The summed E-state index contributed by atoms with van der Waals surface area (Å²) in [5, 5.41) is 8.48. The molecule has 0 atom stereocenters. The Hall–Kier alpha value is -4.60. The highest BCUT2D eigenvalue weighted by atomic mass is 16.6. The van der Waals surface area contributed by atoms with Gasteiger partial charge in [0, 0.05) is 42.5 Å². The van der Waals surface area contributed by atoms with Gasteiger partial charge in [-0.15, -0.1) is 0 Å². The van der Waals surface area contributed by atoms with E-state index in [9.17, 15) is 14.4 Å². The summed E-state index contributed by atoms with van der Waals surface area (Å²) in [5.74, 6) is 0.113. The monoisotopic (exact) mass is 557 g/mol. The van der Waals surface area contributed by atoms with Crippen LogP contribution in [0.5, 0.6) is 5.75 Å². The van der Waals surface area contributed by atoms with Gasteiger partial charge in [0.1, 0.15) is 11.4 Å². The average Bonchev–Trinajstić information content (AvgIpc) is 3.32. The lowest BCUT2D eigenvalue weighted by Crippen LogP contribution is -2.33. The van der Waals surface area contributed by atoms with Crippen LogP contribution in [0.25, 0.3) is 22.5 Å². The van der Waals surface area contributed by atoms with Gasteiger partial charge in [-0.25, -0.2) is 4.79 Å². The molecule has 0 saturated carbocycles. The lowest BCUT2D eigenvalue weighted by atomic mass is 9.88. The van der Waals surface area contributed by atoms with Gasteiger partial charge in [-0.3, -0.25) is 14.6 Å². The van der Waals surface area contributed by atoms with Crippen LogP contribution in [-0.4, -0.2) is 53.2 Å². The maximum absolute atomic E-state index is 12.6. The molecule has 3 heterocycles. The van der Waals surface area contributed by atoms with E-state index in [1.165, 1.54) is 6.08 Å². The predicted octanol–water partition coefficient (Wildman–Crippen LogP) is 4.55. The third kappa shape index (κ3) is 6.26. The molecule has 5 rings (SSSR count). The van der Waals surface area contributed by atoms with Gasteiger partial charge in [0.25, 0.3) is 5.91 Å². The molecule has 3 aromatic rings. The number of amides is 3. The van der Waals surface area contributed by atoms with E-state index >= 15 is 0 Å². The number of fused-ring (bicyclic) bond motifs is 5. The van der Waals surface area contributed by atoms with Crippen LogP contribution in [0.3, 0.4) is 0 Å². The van der Waals surface area contributed by atoms with Crippen molar-refractivity contribution in [2.24, 2.45) is 0 Å². The summed E-state index contributed by atoms with van der Waals surface area (Å²) < 4.78 is 11.2. The molecule has 1 aliphatic carbocycles. The Morgan fingerprint density at radius 1 is 1.17 bits per heavy atom. The van der Waals surface area contributed by atoms with Crippen LogP contribution in [0.4, 0.5) is 10.5 Å². The van der Waals surface area contributed by atoms with E-state index in [1.807, 2.05) is 45.2 Å². The smallest absolute Gasteiger partial charge is 0.407 e. The number of aryl methyl sites for hydroxylation is 1. The number of nitrogens with zero attached hydrogens (tertiary/aromatic N) is 1. The van der Waals surface area contributed by atoms with Crippen molar-refractivity contribution in [3.05, 3.63) is 65.5 Å². The number of H-pyrrole nitrogens is 1. The molecule has 0 saturated heterocycles. The molecule has 1 aliphatic heterocycles. The van der Waals surface area contributed by atoms with Gasteiger partial charge in [0.2, 0.25) is 5.91 Å². The first kappa shape index (κ1) is 27.9. The summed E-state index contributed by atoms with van der Waals surface area (Å²) in [6, 6.07) is 7.54. The third-order valence-corrected chi connectivity index (χ3v) is 6.93. The second-order valence-corrected chi connectivity index (χ2v) is 11.1. The lowest BCUT2D eigenvalue weighted by molar-refractivity contribution is -0.111. The van der Waals surface area contributed by atoms with Crippen molar-refractivity contribution >= 4 is 23.6 Å². The van der Waals surface area contributed by atoms with Crippen molar-refractivity contribution < 1.29 is 23.9 Å². The molecule has 214 valence electrons. The van der Waals surface area contributed by atoms with Crippen molar-refractivity contribution in [1.82, 2.24) is 20.6 Å². The van der Waals surface area contributed by atoms with Crippen LogP contribution in [0.15, 0.2) is 43.1 Å². The van der Waals surface area contributed by atoms with Crippen LogP contribution < -0.4 is 20.7 Å². The molecule has 1 aromatic carbocycles. The van der Waals surface area contributed by atoms with E-state index in [4.69, 9.17) is 14.5 Å². The van der Waals surface area contributed by atoms with Crippen molar-refractivity contribution in [3.8, 4) is 28.3 Å². The number of pyridine rings is 1. The zero-order valence-corrected chi connectivity index (χ0v) is 23.6. The number of aromatic nitrogens is 2. The zero-order valence-electron chi connectivity index (χ0n) is 23.6. The molecule has 2 aromatic heterocycles. The van der Waals surface area contributed by atoms with E-state index in [2.05, 4.69) is 27.5 Å². The molecule has 10 nitrogen and oxygen atoms in total. The number of hydrogen-bond acceptors (Lipinski definition) is 6. The summed E-state index contributed by atoms with van der Waals surface area (Å²) in [6.07, 6.45) is 5.53. The standard InChI is InChI=1S/C31H35N5O5/c1-5-26(37)35-24-15-18(8-10-25(24)40-14-6-12-33-30(39)41-31(2,3)4)23-16-21-19(17-34-23)7-9-20-27-22(36-28(20)21)11-13-32-29(27)38/h5,8,10,15-17,36H,1,6-7,9,11-14H2,2-4H3,(H,32,38)(H,33,39)(H,35,37). The van der Waals surface area contributed by atoms with E-state index in [0.717, 1.165) is 64.2 Å². The molecule has 3 amide bonds. The van der Waals surface area contributed by atoms with Gasteiger partial charge in [-0.1, -0.05) is 6.58 Å². The Kier molecular flexibility index (Phi) is 7.83. The van der Waals surface area contributed by atoms with Crippen LogP contribution in [0.1, 0.15) is 54.4 Å². The molecular formula is C31H35N5O5. The Morgan fingerprint density at radius 3 is 2.78 bits per heavy atom. The fourth-order valence-electron chi connectivity index (χ4n) is 5.12. The molecule has 0 radical (unpaired) electrons. The number of anilines is 1. The van der Waals surface area contributed by atoms with Crippen molar-refractivity contribution in [2.75, 3.05) is 25.0 Å². The summed E-state index contributed by atoms with van der Waals surface area (Å²) in [4.78, 5) is 44.8. The maximum Gasteiger partial charge on any atom is 0.407 e. The lowest BCUT2D eigenvalue weighted by Gasteiger charge is -2.20. The van der Waals surface area contributed by atoms with Crippen molar-refractivity contribution in [3.63, 3.8) is 0 Å². The summed E-state index contributed by atoms with van der Waals surface area (Å²) >= 11 is 0. The quantitative estimate of drug-likeness (QED) is 0.237. The summed E-state index contributed by atoms with van der Waals surface area (Å²) in [5.41, 5.74) is 7.43. The van der Waals surface area contributed by atoms with Gasteiger partial charge < -0.3 is 30.4 Å². The molecule has 0 unspecified atom stereocenters. The first-order valence-electron chi connectivity index (χ1n) is 13.8. The van der Waals surface area contributed by atoms with Gasteiger partial charge in [-0.2, -0.15) is 0 Å². The highest BCUT2D eigenvalue weighted by Gasteiger charge is 2.30. The summed E-state index contributed by atoms with van der Waals surface area (Å²) in [6.45, 7) is 10.3. The SMILES string of the molecule is C=CC(=O)Nc1cc(-c2cc3c(cn2)CCc2c-3[nH]c3c2C(=O)NCC3)ccc1OCCCNC(=O)OC(C)(C)C. The second kappa shape index (κ2) is 11.5. The van der Waals surface area contributed by atoms with Crippen LogP contribution in [-0.2, 0) is 28.8 Å². The van der Waals surface area contributed by atoms with Gasteiger partial charge in [0.15, 0.2) is 0 Å². The normalized spacial score (nSPS) is 13.7. The fourth-order valence-corrected chi connectivity index (χ4v) is 5.12. The maximum atomic E-state index is 12.6. The first-order chi connectivity index (χ1) is 19.6. The van der Waals surface area contributed by atoms with Crippen molar-refractivity contribution in [2.45, 2.75) is 52.1 Å². The fraction of sp³-hybridized carbons (Fsp3) is 0.355. The molecule has 0 spiro atoms. The van der Waals surface area contributed by atoms with Crippen LogP contribution in [0, 0.1) is 0 Å². The Labute approximate surface area is 238 Å². The summed E-state index contributed by atoms with van der Waals surface area (Å²) in [7, 11) is 0. The number of rotatable bonds is 8. The predicted molar refractivity (Wildman–Crippen MR) is 156 cm³/mol. The second-order valence-electron chi connectivity index (χ2n) is 11.1. The van der Waals surface area contributed by atoms with E-state index in [0.29, 0.717) is 37.6 Å². The number of nitrogens with one attached hydrogen (secondary N) is 4. The number of carbonyl (C=O) groups excluding carboxylic acids is 3. The van der Waals surface area contributed by atoms with Crippen molar-refractivity contribution in [1.29, 1.82) is 0 Å². The van der Waals surface area contributed by atoms with Gasteiger partial charge in [-0.05, 0) is 81.5 Å². The van der Waals surface area contributed by atoms with E-state index < -0.39 is 11.7 Å². The molecular weight excluding hydrogens is 522 g/mol. The number of alkyl carbamates (subject to hydrolysis) is 1. The Bertz CT molecular complexity index is 1520. The molecule has 0 bridgehead atoms. The molecule has 2 aliphatic rings. The average molecular weight is 558 g/mol. The molecule has 41 heavy (non-hydrogen) atoms. The minimum absolute atomic E-state index is 0.0136. The first-order valence-corrected chi connectivity index (χ1v) is 13.8. The van der Waals surface area contributed by atoms with E-state index in [-0.39, 0.29) is 11.8 Å². The Morgan fingerprint density at radius 2 is 2.00 bits per heavy atom. The van der Waals surface area contributed by atoms with Crippen LogP contribution in [0.2, 0.25) is 0 Å². The topological polar surface area (TPSA) is 134 Å². The minimum Gasteiger partial charge on any atom is -0.491 e. The van der Waals surface area contributed by atoms with Gasteiger partial charge in [0.05, 0.1) is 29.2 Å². The third-order valence-electron chi connectivity index (χ3n) is 6.93. The largest absolute Gasteiger partial charge is 0.491 e. The molecule has 10 heteroatoms. The van der Waals surface area contributed by atoms with Gasteiger partial charge >= 0.3 is 6.09 Å². The van der Waals surface area contributed by atoms with Crippen LogP contribution >= 0.6 is 0 Å². The Balaban J connectivity index is 1.34. The number of benzene rings is 1. The number of carbonyl (C=O) groups is 3. The highest BCUT2D eigenvalue weighted by Crippen LogP contribution is 2.39. The molecule has 4 N–H and O–H groups in total. The number of aromatic amines is 1. The minimum atomic E-state index is -0.562.